The molecule has 0 aliphatic heterocycles. The van der Waals surface area contributed by atoms with Crippen LogP contribution in [0.5, 0.6) is 0 Å². The van der Waals surface area contributed by atoms with E-state index in [1.54, 1.807) is 7.11 Å². The molecular formula is C8H19ClOSi. The second-order valence-electron chi connectivity index (χ2n) is 3.60. The van der Waals surface area contributed by atoms with Crippen LogP contribution in [-0.2, 0) is 4.43 Å². The molecule has 0 N–H and O–H groups in total. The van der Waals surface area contributed by atoms with Crippen molar-refractivity contribution in [3.63, 3.8) is 0 Å². The lowest BCUT2D eigenvalue weighted by atomic mass is 10.5. The van der Waals surface area contributed by atoms with Crippen LogP contribution in [0.2, 0.25) is 11.1 Å². The molecule has 11 heavy (non-hydrogen) atoms. The van der Waals surface area contributed by atoms with Gasteiger partial charge in [0.25, 0.3) is 0 Å². The molecule has 0 saturated heterocycles. The molecule has 3 heteroatoms. The smallest absolute Gasteiger partial charge is 0.211 e. The van der Waals surface area contributed by atoms with Gasteiger partial charge >= 0.3 is 0 Å². The summed E-state index contributed by atoms with van der Waals surface area (Å²) in [6.45, 7) is 8.83. The van der Waals surface area contributed by atoms with Gasteiger partial charge in [-0.3, -0.25) is 0 Å². The number of hydrogen-bond acceptors (Lipinski definition) is 1. The minimum absolute atomic E-state index is 0.602. The first kappa shape index (κ1) is 11.5. The van der Waals surface area contributed by atoms with Crippen molar-refractivity contribution in [2.75, 3.05) is 12.6 Å². The number of rotatable bonds is 4. The minimum Gasteiger partial charge on any atom is -0.418 e. The highest BCUT2D eigenvalue weighted by molar-refractivity contribution is 6.82. The molecule has 0 amide bonds. The van der Waals surface area contributed by atoms with Gasteiger partial charge in [-0.05, 0) is 11.1 Å². The standard InChI is InChI=1S/C8H19ClOSi/c1-7(2)11(6-9,10-5)8(3)4/h7-8H,6H2,1-5H3. The Hall–Kier alpha value is 0.467. The molecule has 0 aliphatic carbocycles. The molecule has 0 aromatic heterocycles. The Morgan fingerprint density at radius 3 is 1.55 bits per heavy atom. The van der Waals surface area contributed by atoms with E-state index in [1.165, 1.54) is 0 Å². The first-order valence-electron chi connectivity index (χ1n) is 4.12. The van der Waals surface area contributed by atoms with Crippen molar-refractivity contribution >= 4 is 19.9 Å². The molecule has 0 heterocycles. The van der Waals surface area contributed by atoms with E-state index in [-0.39, 0.29) is 0 Å². The lowest BCUT2D eigenvalue weighted by molar-refractivity contribution is 0.377. The van der Waals surface area contributed by atoms with Crippen LogP contribution in [0, 0.1) is 0 Å². The second kappa shape index (κ2) is 4.48. The first-order chi connectivity index (χ1) is 5.01. The third-order valence-corrected chi connectivity index (χ3v) is 8.88. The van der Waals surface area contributed by atoms with Crippen molar-refractivity contribution in [3.8, 4) is 0 Å². The van der Waals surface area contributed by atoms with Gasteiger partial charge in [0.15, 0.2) is 0 Å². The Kier molecular flexibility index (Phi) is 4.67. The van der Waals surface area contributed by atoms with E-state index in [0.717, 1.165) is 0 Å². The Morgan fingerprint density at radius 2 is 1.55 bits per heavy atom. The van der Waals surface area contributed by atoms with Gasteiger partial charge in [0, 0.05) is 12.6 Å². The molecule has 0 fully saturated rings. The average Bonchev–Trinajstić information content (AvgIpc) is 1.90. The van der Waals surface area contributed by atoms with Gasteiger partial charge < -0.3 is 4.43 Å². The van der Waals surface area contributed by atoms with Crippen LogP contribution in [0.15, 0.2) is 0 Å². The summed E-state index contributed by atoms with van der Waals surface area (Å²) in [6, 6.07) is 0. The van der Waals surface area contributed by atoms with Gasteiger partial charge in [0.2, 0.25) is 8.32 Å². The Bertz CT molecular complexity index is 101. The van der Waals surface area contributed by atoms with E-state index in [4.69, 9.17) is 16.0 Å². The highest BCUT2D eigenvalue weighted by Gasteiger charge is 2.40. The number of hydrogen-bond donors (Lipinski definition) is 0. The zero-order chi connectivity index (χ0) is 9.07. The maximum Gasteiger partial charge on any atom is 0.211 e. The van der Waals surface area contributed by atoms with Crippen molar-refractivity contribution < 1.29 is 4.43 Å². The highest BCUT2D eigenvalue weighted by Crippen LogP contribution is 2.33. The fourth-order valence-electron chi connectivity index (χ4n) is 1.50. The van der Waals surface area contributed by atoms with E-state index >= 15 is 0 Å². The van der Waals surface area contributed by atoms with Gasteiger partial charge in [0.05, 0.1) is 0 Å². The summed E-state index contributed by atoms with van der Waals surface area (Å²) < 4.78 is 5.62. The van der Waals surface area contributed by atoms with Crippen LogP contribution in [0.25, 0.3) is 0 Å². The van der Waals surface area contributed by atoms with Gasteiger partial charge in [-0.25, -0.2) is 0 Å². The molecule has 0 unspecified atom stereocenters. The third kappa shape index (κ3) is 2.20. The summed E-state index contributed by atoms with van der Waals surface area (Å²) >= 11 is 5.95. The SMILES string of the molecule is CO[Si](CCl)(C(C)C)C(C)C. The maximum atomic E-state index is 5.95. The van der Waals surface area contributed by atoms with E-state index in [2.05, 4.69) is 27.7 Å². The molecule has 0 rings (SSSR count). The summed E-state index contributed by atoms with van der Waals surface area (Å²) in [4.78, 5) is 0. The molecular weight excluding hydrogens is 176 g/mol. The first-order valence-corrected chi connectivity index (χ1v) is 6.92. The van der Waals surface area contributed by atoms with Crippen molar-refractivity contribution in [3.05, 3.63) is 0 Å². The van der Waals surface area contributed by atoms with Gasteiger partial charge in [-0.2, -0.15) is 0 Å². The van der Waals surface area contributed by atoms with Crippen LogP contribution in [0.4, 0.5) is 0 Å². The molecule has 0 aromatic carbocycles. The zero-order valence-corrected chi connectivity index (χ0v) is 9.90. The van der Waals surface area contributed by atoms with Crippen molar-refractivity contribution in [2.24, 2.45) is 0 Å². The van der Waals surface area contributed by atoms with Crippen LogP contribution in [-0.4, -0.2) is 20.9 Å². The molecule has 0 saturated carbocycles. The van der Waals surface area contributed by atoms with Crippen molar-refractivity contribution in [1.29, 1.82) is 0 Å². The van der Waals surface area contributed by atoms with Crippen LogP contribution >= 0.6 is 11.6 Å². The Labute approximate surface area is 76.2 Å². The molecule has 68 valence electrons. The Balaban J connectivity index is 4.46. The number of halogens is 1. The van der Waals surface area contributed by atoms with E-state index in [1.807, 2.05) is 0 Å². The Morgan fingerprint density at radius 1 is 1.18 bits per heavy atom. The summed E-state index contributed by atoms with van der Waals surface area (Å²) in [6.07, 6.45) is 0. The molecule has 1 nitrogen and oxygen atoms in total. The van der Waals surface area contributed by atoms with E-state index in [9.17, 15) is 0 Å². The van der Waals surface area contributed by atoms with Gasteiger partial charge in [-0.15, -0.1) is 11.6 Å². The number of alkyl halides is 1. The summed E-state index contributed by atoms with van der Waals surface area (Å²) in [5.41, 5.74) is 1.91. The second-order valence-corrected chi connectivity index (χ2v) is 9.30. The molecule has 0 radical (unpaired) electrons. The third-order valence-electron chi connectivity index (χ3n) is 2.54. The molecule has 0 aromatic rings. The predicted molar refractivity (Wildman–Crippen MR) is 53.7 cm³/mol. The topological polar surface area (TPSA) is 9.23 Å². The summed E-state index contributed by atoms with van der Waals surface area (Å²) in [7, 11) is 0.167. The van der Waals surface area contributed by atoms with Crippen LogP contribution in [0.3, 0.4) is 0 Å². The molecule has 0 bridgehead atoms. The summed E-state index contributed by atoms with van der Waals surface area (Å²) in [5, 5.41) is 0. The molecule has 0 atom stereocenters. The lowest BCUT2D eigenvalue weighted by Gasteiger charge is -2.35. The fourth-order valence-corrected chi connectivity index (χ4v) is 6.68. The largest absolute Gasteiger partial charge is 0.418 e. The average molecular weight is 195 g/mol. The van der Waals surface area contributed by atoms with Gasteiger partial charge in [0.1, 0.15) is 0 Å². The maximum absolute atomic E-state index is 5.95. The fraction of sp³-hybridized carbons (Fsp3) is 1.00. The molecule has 0 aliphatic rings. The zero-order valence-electron chi connectivity index (χ0n) is 8.15. The minimum atomic E-state index is -1.63. The quantitative estimate of drug-likeness (QED) is 0.494. The monoisotopic (exact) mass is 194 g/mol. The van der Waals surface area contributed by atoms with Crippen LogP contribution in [0.1, 0.15) is 27.7 Å². The molecule has 0 spiro atoms. The van der Waals surface area contributed by atoms with Crippen LogP contribution < -0.4 is 0 Å². The van der Waals surface area contributed by atoms with Crippen molar-refractivity contribution in [1.82, 2.24) is 0 Å². The summed E-state index contributed by atoms with van der Waals surface area (Å²) in [5.74, 6) is 0. The van der Waals surface area contributed by atoms with Gasteiger partial charge in [-0.1, -0.05) is 27.7 Å². The van der Waals surface area contributed by atoms with E-state index in [0.29, 0.717) is 16.6 Å². The predicted octanol–water partition coefficient (Wildman–Crippen LogP) is 3.18. The lowest BCUT2D eigenvalue weighted by Crippen LogP contribution is -2.46. The van der Waals surface area contributed by atoms with E-state index < -0.39 is 8.32 Å². The normalized spacial score (nSPS) is 13.1. The highest BCUT2D eigenvalue weighted by atomic mass is 35.5. The van der Waals surface area contributed by atoms with Crippen molar-refractivity contribution in [2.45, 2.75) is 38.8 Å².